The van der Waals surface area contributed by atoms with Crippen LogP contribution in [0.1, 0.15) is 31.0 Å². The number of nitrogens with zero attached hydrogens (tertiary/aromatic N) is 1. The van der Waals surface area contributed by atoms with Crippen LogP contribution in [-0.2, 0) is 6.61 Å². The molecule has 1 atom stereocenters. The average Bonchev–Trinajstić information content (AvgIpc) is 2.46. The van der Waals surface area contributed by atoms with E-state index in [0.29, 0.717) is 6.61 Å². The number of hydrogen-bond donors (Lipinski definition) is 1. The molecule has 0 saturated heterocycles. The van der Waals surface area contributed by atoms with Gasteiger partial charge in [-0.1, -0.05) is 19.1 Å². The second kappa shape index (κ2) is 7.01. The van der Waals surface area contributed by atoms with Gasteiger partial charge in [0.05, 0.1) is 6.20 Å². The van der Waals surface area contributed by atoms with Gasteiger partial charge in [0.1, 0.15) is 18.2 Å². The molecule has 1 aromatic carbocycles. The Kier molecular flexibility index (Phi) is 5.07. The Hall–Kier alpha value is -1.94. The summed E-state index contributed by atoms with van der Waals surface area (Å²) in [7, 11) is 0. The van der Waals surface area contributed by atoms with Crippen molar-refractivity contribution >= 4 is 0 Å². The van der Waals surface area contributed by atoms with Crippen LogP contribution in [0.3, 0.4) is 0 Å². The van der Waals surface area contributed by atoms with E-state index in [2.05, 4.69) is 30.2 Å². The molecule has 1 aromatic heterocycles. The SMILES string of the molecule is CCNC(C)c1cccc(OCc2cncc(F)c2)c1. The van der Waals surface area contributed by atoms with Crippen molar-refractivity contribution in [2.45, 2.75) is 26.5 Å². The quantitative estimate of drug-likeness (QED) is 0.875. The van der Waals surface area contributed by atoms with Gasteiger partial charge in [0, 0.05) is 17.8 Å². The van der Waals surface area contributed by atoms with Gasteiger partial charge >= 0.3 is 0 Å². The molecule has 106 valence electrons. The summed E-state index contributed by atoms with van der Waals surface area (Å²) in [6.07, 6.45) is 2.79. The minimum atomic E-state index is -0.347. The van der Waals surface area contributed by atoms with E-state index in [1.165, 1.54) is 17.8 Å². The van der Waals surface area contributed by atoms with E-state index in [9.17, 15) is 4.39 Å². The molecule has 0 radical (unpaired) electrons. The molecule has 0 aliphatic carbocycles. The van der Waals surface area contributed by atoms with Crippen molar-refractivity contribution in [2.75, 3.05) is 6.54 Å². The molecule has 0 aliphatic heterocycles. The van der Waals surface area contributed by atoms with E-state index in [1.54, 1.807) is 6.20 Å². The van der Waals surface area contributed by atoms with Crippen molar-refractivity contribution in [3.63, 3.8) is 0 Å². The molecule has 1 unspecified atom stereocenters. The lowest BCUT2D eigenvalue weighted by Crippen LogP contribution is -2.17. The fourth-order valence-corrected chi connectivity index (χ4v) is 2.00. The topological polar surface area (TPSA) is 34.1 Å². The van der Waals surface area contributed by atoms with Crippen molar-refractivity contribution in [3.8, 4) is 5.75 Å². The Bertz CT molecular complexity index is 560. The van der Waals surface area contributed by atoms with Crippen molar-refractivity contribution in [1.82, 2.24) is 10.3 Å². The van der Waals surface area contributed by atoms with Crippen LogP contribution in [-0.4, -0.2) is 11.5 Å². The second-order valence-corrected chi connectivity index (χ2v) is 4.65. The summed E-state index contributed by atoms with van der Waals surface area (Å²) in [6, 6.07) is 9.62. The number of halogens is 1. The molecule has 4 heteroatoms. The highest BCUT2D eigenvalue weighted by atomic mass is 19.1. The molecule has 0 bridgehead atoms. The smallest absolute Gasteiger partial charge is 0.141 e. The zero-order valence-corrected chi connectivity index (χ0v) is 11.8. The van der Waals surface area contributed by atoms with Gasteiger partial charge in [-0.15, -0.1) is 0 Å². The van der Waals surface area contributed by atoms with E-state index in [0.717, 1.165) is 17.9 Å². The molecule has 0 saturated carbocycles. The minimum Gasteiger partial charge on any atom is -0.489 e. The first kappa shape index (κ1) is 14.5. The van der Waals surface area contributed by atoms with Gasteiger partial charge in [0.2, 0.25) is 0 Å². The number of ether oxygens (including phenoxy) is 1. The highest BCUT2D eigenvalue weighted by Gasteiger charge is 2.05. The second-order valence-electron chi connectivity index (χ2n) is 4.65. The molecule has 0 aliphatic rings. The van der Waals surface area contributed by atoms with Crippen LogP contribution >= 0.6 is 0 Å². The van der Waals surface area contributed by atoms with Crippen LogP contribution in [0.2, 0.25) is 0 Å². The fourth-order valence-electron chi connectivity index (χ4n) is 2.00. The lowest BCUT2D eigenvalue weighted by atomic mass is 10.1. The Morgan fingerprint density at radius 3 is 2.90 bits per heavy atom. The molecule has 1 N–H and O–H groups in total. The molecule has 20 heavy (non-hydrogen) atoms. The number of pyridine rings is 1. The Labute approximate surface area is 118 Å². The fraction of sp³-hybridized carbons (Fsp3) is 0.312. The van der Waals surface area contributed by atoms with Gasteiger partial charge in [-0.3, -0.25) is 4.98 Å². The molecule has 3 nitrogen and oxygen atoms in total. The third-order valence-electron chi connectivity index (χ3n) is 3.04. The zero-order chi connectivity index (χ0) is 14.4. The largest absolute Gasteiger partial charge is 0.489 e. The number of rotatable bonds is 6. The summed E-state index contributed by atoms with van der Waals surface area (Å²) in [5, 5.41) is 3.36. The maximum absolute atomic E-state index is 13.0. The summed E-state index contributed by atoms with van der Waals surface area (Å²) in [4.78, 5) is 3.80. The van der Waals surface area contributed by atoms with Crippen LogP contribution < -0.4 is 10.1 Å². The first-order chi connectivity index (χ1) is 9.69. The zero-order valence-electron chi connectivity index (χ0n) is 11.8. The first-order valence-corrected chi connectivity index (χ1v) is 6.74. The lowest BCUT2D eigenvalue weighted by Gasteiger charge is -2.14. The Balaban J connectivity index is 2.01. The average molecular weight is 274 g/mol. The predicted molar refractivity (Wildman–Crippen MR) is 77.1 cm³/mol. The number of aromatic nitrogens is 1. The van der Waals surface area contributed by atoms with Crippen LogP contribution in [0.25, 0.3) is 0 Å². The summed E-state index contributed by atoms with van der Waals surface area (Å²) in [6.45, 7) is 5.41. The summed E-state index contributed by atoms with van der Waals surface area (Å²) >= 11 is 0. The van der Waals surface area contributed by atoms with E-state index in [-0.39, 0.29) is 11.9 Å². The Morgan fingerprint density at radius 1 is 1.30 bits per heavy atom. The van der Waals surface area contributed by atoms with E-state index in [4.69, 9.17) is 4.74 Å². The third kappa shape index (κ3) is 4.03. The highest BCUT2D eigenvalue weighted by Crippen LogP contribution is 2.20. The van der Waals surface area contributed by atoms with Crippen LogP contribution in [0.15, 0.2) is 42.7 Å². The highest BCUT2D eigenvalue weighted by molar-refractivity contribution is 5.30. The summed E-state index contributed by atoms with van der Waals surface area (Å²) in [5.74, 6) is 0.428. The third-order valence-corrected chi connectivity index (χ3v) is 3.04. The van der Waals surface area contributed by atoms with E-state index < -0.39 is 0 Å². The van der Waals surface area contributed by atoms with Gasteiger partial charge in [0.25, 0.3) is 0 Å². The van der Waals surface area contributed by atoms with Gasteiger partial charge in [-0.05, 0) is 37.2 Å². The molecule has 1 heterocycles. The van der Waals surface area contributed by atoms with Crippen molar-refractivity contribution in [1.29, 1.82) is 0 Å². The molecular weight excluding hydrogens is 255 g/mol. The van der Waals surface area contributed by atoms with Gasteiger partial charge in [-0.25, -0.2) is 4.39 Å². The maximum atomic E-state index is 13.0. The molecule has 2 rings (SSSR count). The Morgan fingerprint density at radius 2 is 2.15 bits per heavy atom. The van der Waals surface area contributed by atoms with Gasteiger partial charge in [-0.2, -0.15) is 0 Å². The van der Waals surface area contributed by atoms with Crippen molar-refractivity contribution in [3.05, 3.63) is 59.7 Å². The molecule has 0 amide bonds. The van der Waals surface area contributed by atoms with Crippen LogP contribution in [0, 0.1) is 5.82 Å². The van der Waals surface area contributed by atoms with Crippen LogP contribution in [0.5, 0.6) is 5.75 Å². The maximum Gasteiger partial charge on any atom is 0.141 e. The molecular formula is C16H19FN2O. The minimum absolute atomic E-state index is 0.277. The van der Waals surface area contributed by atoms with Gasteiger partial charge in [0.15, 0.2) is 0 Å². The number of benzene rings is 1. The first-order valence-electron chi connectivity index (χ1n) is 6.74. The summed E-state index contributed by atoms with van der Waals surface area (Å²) in [5.41, 5.74) is 1.89. The normalized spacial score (nSPS) is 12.2. The van der Waals surface area contributed by atoms with Crippen LogP contribution in [0.4, 0.5) is 4.39 Å². The lowest BCUT2D eigenvalue weighted by molar-refractivity contribution is 0.304. The number of nitrogens with one attached hydrogen (secondary N) is 1. The monoisotopic (exact) mass is 274 g/mol. The summed E-state index contributed by atoms with van der Waals surface area (Å²) < 4.78 is 18.7. The van der Waals surface area contributed by atoms with Gasteiger partial charge < -0.3 is 10.1 Å². The molecule has 0 fully saturated rings. The number of hydrogen-bond acceptors (Lipinski definition) is 3. The van der Waals surface area contributed by atoms with Crippen molar-refractivity contribution < 1.29 is 9.13 Å². The van der Waals surface area contributed by atoms with Crippen molar-refractivity contribution in [2.24, 2.45) is 0 Å². The predicted octanol–water partition coefficient (Wildman–Crippen LogP) is 3.47. The van der Waals surface area contributed by atoms with E-state index >= 15 is 0 Å². The molecule has 2 aromatic rings. The molecule has 0 spiro atoms. The standard InChI is InChI=1S/C16H19FN2O/c1-3-19-12(2)14-5-4-6-16(8-14)20-11-13-7-15(17)10-18-9-13/h4-10,12,19H,3,11H2,1-2H3. The van der Waals surface area contributed by atoms with E-state index in [1.807, 2.05) is 18.2 Å².